The summed E-state index contributed by atoms with van der Waals surface area (Å²) < 4.78 is 27.5. The number of likely N-dealkylation sites (tertiary alicyclic amines) is 1. The number of rotatable bonds is 2. The van der Waals surface area contributed by atoms with Crippen LogP contribution in [0.15, 0.2) is 16.6 Å². The molecule has 1 amide bonds. The van der Waals surface area contributed by atoms with Gasteiger partial charge in [0.25, 0.3) is 5.91 Å². The highest BCUT2D eigenvalue weighted by atomic mass is 79.9. The molecule has 2 rings (SSSR count). The van der Waals surface area contributed by atoms with Crippen molar-refractivity contribution in [2.75, 3.05) is 13.1 Å². The maximum Gasteiger partial charge on any atom is 0.308 e. The van der Waals surface area contributed by atoms with Gasteiger partial charge < -0.3 is 10.0 Å². The van der Waals surface area contributed by atoms with E-state index in [-0.39, 0.29) is 17.6 Å². The van der Waals surface area contributed by atoms with Crippen molar-refractivity contribution in [1.29, 1.82) is 0 Å². The SMILES string of the molecule is O=C(O)[C@H]1CCN(C(=O)c2c(F)cc(Br)cc2F)C1. The van der Waals surface area contributed by atoms with Crippen LogP contribution in [0.1, 0.15) is 16.8 Å². The molecule has 102 valence electrons. The molecule has 0 bridgehead atoms. The number of carboxylic acid groups (broad SMARTS) is 1. The molecule has 0 saturated carbocycles. The highest BCUT2D eigenvalue weighted by Gasteiger charge is 2.33. The van der Waals surface area contributed by atoms with Crippen LogP contribution in [0.3, 0.4) is 0 Å². The third-order valence-electron chi connectivity index (χ3n) is 3.05. The summed E-state index contributed by atoms with van der Waals surface area (Å²) in [5, 5.41) is 8.84. The number of benzene rings is 1. The van der Waals surface area contributed by atoms with Crippen molar-refractivity contribution in [2.24, 2.45) is 5.92 Å². The Bertz CT molecular complexity index is 527. The van der Waals surface area contributed by atoms with Crippen LogP contribution in [-0.4, -0.2) is 35.0 Å². The van der Waals surface area contributed by atoms with E-state index in [2.05, 4.69) is 15.9 Å². The predicted octanol–water partition coefficient (Wildman–Crippen LogP) is 2.27. The zero-order chi connectivity index (χ0) is 14.2. The topological polar surface area (TPSA) is 57.6 Å². The smallest absolute Gasteiger partial charge is 0.308 e. The molecule has 0 spiro atoms. The molecule has 1 fully saturated rings. The summed E-state index contributed by atoms with van der Waals surface area (Å²) in [5.74, 6) is -4.42. The van der Waals surface area contributed by atoms with Gasteiger partial charge in [0.15, 0.2) is 0 Å². The molecule has 1 atom stereocenters. The summed E-state index contributed by atoms with van der Waals surface area (Å²) in [6.45, 7) is 0.161. The van der Waals surface area contributed by atoms with Crippen LogP contribution >= 0.6 is 15.9 Å². The monoisotopic (exact) mass is 333 g/mol. The van der Waals surface area contributed by atoms with Crippen LogP contribution in [0.2, 0.25) is 0 Å². The number of carbonyl (C=O) groups excluding carboxylic acids is 1. The molecule has 1 saturated heterocycles. The molecule has 0 radical (unpaired) electrons. The lowest BCUT2D eigenvalue weighted by atomic mass is 10.1. The van der Waals surface area contributed by atoms with Crippen molar-refractivity contribution in [3.63, 3.8) is 0 Å². The Hall–Kier alpha value is -1.50. The van der Waals surface area contributed by atoms with E-state index in [9.17, 15) is 18.4 Å². The maximum atomic E-state index is 13.6. The highest BCUT2D eigenvalue weighted by molar-refractivity contribution is 9.10. The third kappa shape index (κ3) is 2.75. The van der Waals surface area contributed by atoms with E-state index in [1.54, 1.807) is 0 Å². The first-order valence-electron chi connectivity index (χ1n) is 5.56. The number of nitrogens with zero attached hydrogens (tertiary/aromatic N) is 1. The molecule has 1 aliphatic rings. The number of halogens is 3. The number of carbonyl (C=O) groups is 2. The van der Waals surface area contributed by atoms with Crippen molar-refractivity contribution < 1.29 is 23.5 Å². The Balaban J connectivity index is 2.24. The van der Waals surface area contributed by atoms with Crippen LogP contribution in [0.5, 0.6) is 0 Å². The normalized spacial score (nSPS) is 18.7. The first kappa shape index (κ1) is 13.9. The van der Waals surface area contributed by atoms with Crippen molar-refractivity contribution in [3.05, 3.63) is 33.8 Å². The average molecular weight is 334 g/mol. The molecule has 1 aromatic carbocycles. The van der Waals surface area contributed by atoms with E-state index in [1.165, 1.54) is 0 Å². The van der Waals surface area contributed by atoms with Gasteiger partial charge >= 0.3 is 5.97 Å². The van der Waals surface area contributed by atoms with Gasteiger partial charge in [-0.1, -0.05) is 15.9 Å². The second-order valence-electron chi connectivity index (χ2n) is 4.32. The van der Waals surface area contributed by atoms with Gasteiger partial charge in [0.2, 0.25) is 0 Å². The summed E-state index contributed by atoms with van der Waals surface area (Å²) in [5.41, 5.74) is -0.644. The van der Waals surface area contributed by atoms with Crippen molar-refractivity contribution in [3.8, 4) is 0 Å². The van der Waals surface area contributed by atoms with E-state index in [1.807, 2.05) is 0 Å². The van der Waals surface area contributed by atoms with Crippen molar-refractivity contribution in [1.82, 2.24) is 4.90 Å². The molecule has 7 heteroatoms. The van der Waals surface area contributed by atoms with Gasteiger partial charge in [-0.05, 0) is 18.6 Å². The largest absolute Gasteiger partial charge is 0.481 e. The van der Waals surface area contributed by atoms with E-state index in [0.29, 0.717) is 6.42 Å². The summed E-state index contributed by atoms with van der Waals surface area (Å²) in [6.07, 6.45) is 0.292. The van der Waals surface area contributed by atoms with Gasteiger partial charge in [-0.2, -0.15) is 0 Å². The van der Waals surface area contributed by atoms with Gasteiger partial charge in [0.1, 0.15) is 17.2 Å². The van der Waals surface area contributed by atoms with Gasteiger partial charge in [-0.15, -0.1) is 0 Å². The fourth-order valence-corrected chi connectivity index (χ4v) is 2.45. The van der Waals surface area contributed by atoms with Gasteiger partial charge in [-0.25, -0.2) is 8.78 Å². The molecule has 19 heavy (non-hydrogen) atoms. The first-order chi connectivity index (χ1) is 8.90. The average Bonchev–Trinajstić information content (AvgIpc) is 2.76. The quantitative estimate of drug-likeness (QED) is 0.903. The van der Waals surface area contributed by atoms with Gasteiger partial charge in [-0.3, -0.25) is 9.59 Å². The zero-order valence-corrected chi connectivity index (χ0v) is 11.3. The third-order valence-corrected chi connectivity index (χ3v) is 3.50. The Kier molecular flexibility index (Phi) is 3.84. The lowest BCUT2D eigenvalue weighted by molar-refractivity contribution is -0.141. The lowest BCUT2D eigenvalue weighted by Crippen LogP contribution is -2.31. The summed E-state index contributed by atoms with van der Waals surface area (Å²) in [4.78, 5) is 24.0. The summed E-state index contributed by atoms with van der Waals surface area (Å²) in [6, 6.07) is 2.00. The molecule has 1 aliphatic heterocycles. The lowest BCUT2D eigenvalue weighted by Gasteiger charge is -2.16. The minimum atomic E-state index is -1.01. The fourth-order valence-electron chi connectivity index (χ4n) is 2.05. The molecule has 0 aliphatic carbocycles. The predicted molar refractivity (Wildman–Crippen MR) is 65.7 cm³/mol. The second-order valence-corrected chi connectivity index (χ2v) is 5.24. The number of hydrogen-bond donors (Lipinski definition) is 1. The van der Waals surface area contributed by atoms with Crippen LogP contribution in [0.4, 0.5) is 8.78 Å². The Morgan fingerprint density at radius 3 is 2.37 bits per heavy atom. The first-order valence-corrected chi connectivity index (χ1v) is 6.36. The molecule has 1 N–H and O–H groups in total. The van der Waals surface area contributed by atoms with E-state index in [0.717, 1.165) is 17.0 Å². The van der Waals surface area contributed by atoms with Crippen LogP contribution in [0, 0.1) is 17.6 Å². The van der Waals surface area contributed by atoms with Gasteiger partial charge in [0, 0.05) is 17.6 Å². The molecule has 0 aromatic heterocycles. The zero-order valence-electron chi connectivity index (χ0n) is 9.70. The van der Waals surface area contributed by atoms with E-state index < -0.39 is 35.0 Å². The Labute approximate surface area is 116 Å². The molecule has 1 heterocycles. The number of carboxylic acids is 1. The molecule has 4 nitrogen and oxygen atoms in total. The van der Waals surface area contributed by atoms with Crippen molar-refractivity contribution in [2.45, 2.75) is 6.42 Å². The van der Waals surface area contributed by atoms with E-state index in [4.69, 9.17) is 5.11 Å². The minimum absolute atomic E-state index is 0.0247. The molecular weight excluding hydrogens is 324 g/mol. The number of aliphatic carboxylic acids is 1. The fraction of sp³-hybridized carbons (Fsp3) is 0.333. The number of hydrogen-bond acceptors (Lipinski definition) is 2. The minimum Gasteiger partial charge on any atom is -0.481 e. The van der Waals surface area contributed by atoms with Gasteiger partial charge in [0.05, 0.1) is 5.92 Å². The van der Waals surface area contributed by atoms with Crippen molar-refractivity contribution >= 4 is 27.8 Å². The maximum absolute atomic E-state index is 13.6. The second kappa shape index (κ2) is 5.24. The standard InChI is InChI=1S/C12H10BrF2NO3/c13-7-3-8(14)10(9(15)4-7)11(17)16-2-1-6(5-16)12(18)19/h3-4,6H,1-2,5H2,(H,18,19)/t6-/m0/s1. The van der Waals surface area contributed by atoms with E-state index >= 15 is 0 Å². The molecule has 0 unspecified atom stereocenters. The highest BCUT2D eigenvalue weighted by Crippen LogP contribution is 2.24. The Morgan fingerprint density at radius 1 is 1.32 bits per heavy atom. The Morgan fingerprint density at radius 2 is 1.89 bits per heavy atom. The molecular formula is C12H10BrF2NO3. The molecule has 1 aromatic rings. The van der Waals surface area contributed by atoms with Crippen LogP contribution in [0.25, 0.3) is 0 Å². The number of amides is 1. The van der Waals surface area contributed by atoms with Crippen LogP contribution < -0.4 is 0 Å². The van der Waals surface area contributed by atoms with Crippen LogP contribution in [-0.2, 0) is 4.79 Å². The summed E-state index contributed by atoms with van der Waals surface area (Å²) >= 11 is 2.93. The summed E-state index contributed by atoms with van der Waals surface area (Å²) in [7, 11) is 0.